The average Bonchev–Trinajstić information content (AvgIpc) is 3.04. The summed E-state index contributed by atoms with van der Waals surface area (Å²) in [5.74, 6) is -0.0759. The largest absolute Gasteiger partial charge is 0.468 e. The van der Waals surface area contributed by atoms with Crippen LogP contribution in [0.25, 0.3) is 10.2 Å². The molecule has 0 aliphatic rings. The van der Waals surface area contributed by atoms with E-state index < -0.39 is 21.9 Å². The molecule has 0 saturated heterocycles. The summed E-state index contributed by atoms with van der Waals surface area (Å²) < 4.78 is 30.1. The second kappa shape index (κ2) is 9.13. The predicted octanol–water partition coefficient (Wildman–Crippen LogP) is 2.38. The summed E-state index contributed by atoms with van der Waals surface area (Å²) in [7, 11) is -2.64. The number of amides is 1. The number of methoxy groups -OCH3 is 1. The van der Waals surface area contributed by atoms with E-state index in [1.807, 2.05) is 19.1 Å². The van der Waals surface area contributed by atoms with Gasteiger partial charge in [-0.15, -0.1) is 11.8 Å². The highest BCUT2D eigenvalue weighted by Gasteiger charge is 2.15. The maximum absolute atomic E-state index is 12.7. The van der Waals surface area contributed by atoms with E-state index in [4.69, 9.17) is 9.88 Å². The molecule has 0 radical (unpaired) electrons. The molecule has 2 aromatic carbocycles. The van der Waals surface area contributed by atoms with Crippen LogP contribution >= 0.6 is 23.1 Å². The highest BCUT2D eigenvalue weighted by atomic mass is 32.2. The zero-order valence-electron chi connectivity index (χ0n) is 16.2. The summed E-state index contributed by atoms with van der Waals surface area (Å²) in [4.78, 5) is 30.0. The molecule has 1 amide bonds. The van der Waals surface area contributed by atoms with Gasteiger partial charge in [-0.25, -0.2) is 13.6 Å². The van der Waals surface area contributed by atoms with E-state index >= 15 is 0 Å². The number of carbonyl (C=O) groups excluding carboxylic acids is 2. The first-order chi connectivity index (χ1) is 14.2. The zero-order chi connectivity index (χ0) is 21.9. The number of primary sulfonamides is 1. The number of fused-ring (bicyclic) bond motifs is 1. The lowest BCUT2D eigenvalue weighted by Gasteiger charge is -2.04. The molecule has 8 nitrogen and oxygen atoms in total. The van der Waals surface area contributed by atoms with E-state index in [9.17, 15) is 18.0 Å². The monoisotopic (exact) mass is 465 g/mol. The molecule has 158 valence electrons. The second-order valence-corrected chi connectivity index (χ2v) is 10.0. The number of sulfonamides is 1. The fourth-order valence-corrected chi connectivity index (χ4v) is 5.02. The van der Waals surface area contributed by atoms with Crippen molar-refractivity contribution in [3.63, 3.8) is 0 Å². The Morgan fingerprint density at radius 2 is 1.90 bits per heavy atom. The van der Waals surface area contributed by atoms with Crippen LogP contribution in [-0.4, -0.2) is 37.7 Å². The van der Waals surface area contributed by atoms with E-state index in [1.54, 1.807) is 23.9 Å². The van der Waals surface area contributed by atoms with Gasteiger partial charge in [0, 0.05) is 10.5 Å². The summed E-state index contributed by atoms with van der Waals surface area (Å²) in [6, 6.07) is 11.3. The van der Waals surface area contributed by atoms with Crippen molar-refractivity contribution in [2.75, 3.05) is 12.9 Å². The number of thiazole rings is 1. The topological polar surface area (TPSA) is 121 Å². The third kappa shape index (κ3) is 4.98. The van der Waals surface area contributed by atoms with Crippen LogP contribution in [0.4, 0.5) is 0 Å². The van der Waals surface area contributed by atoms with Gasteiger partial charge in [-0.2, -0.15) is 4.99 Å². The lowest BCUT2D eigenvalue weighted by atomic mass is 10.2. The number of nitrogens with zero attached hydrogens (tertiary/aromatic N) is 2. The quantitative estimate of drug-likeness (QED) is 0.441. The van der Waals surface area contributed by atoms with Gasteiger partial charge in [0.05, 0.1) is 22.2 Å². The number of aromatic nitrogens is 1. The molecule has 30 heavy (non-hydrogen) atoms. The molecule has 0 atom stereocenters. The van der Waals surface area contributed by atoms with Gasteiger partial charge in [0.25, 0.3) is 5.91 Å². The maximum atomic E-state index is 12.7. The number of benzene rings is 2. The molecule has 0 aliphatic heterocycles. The molecule has 0 spiro atoms. The molecular formula is C19H19N3O5S3. The minimum atomic E-state index is -3.89. The first-order valence-corrected chi connectivity index (χ1v) is 12.1. The van der Waals surface area contributed by atoms with Crippen LogP contribution in [0.1, 0.15) is 17.3 Å². The number of hydrogen-bond donors (Lipinski definition) is 1. The van der Waals surface area contributed by atoms with Crippen molar-refractivity contribution in [2.45, 2.75) is 23.3 Å². The van der Waals surface area contributed by atoms with Crippen LogP contribution in [0.15, 0.2) is 57.2 Å². The number of thioether (sulfide) groups is 1. The Morgan fingerprint density at radius 3 is 2.50 bits per heavy atom. The van der Waals surface area contributed by atoms with Gasteiger partial charge in [0.2, 0.25) is 10.0 Å². The molecule has 0 saturated carbocycles. The molecule has 1 aromatic heterocycles. The first kappa shape index (κ1) is 22.2. The van der Waals surface area contributed by atoms with E-state index in [2.05, 4.69) is 4.99 Å². The number of carbonyl (C=O) groups is 2. The zero-order valence-corrected chi connectivity index (χ0v) is 18.6. The van der Waals surface area contributed by atoms with E-state index in [-0.39, 0.29) is 16.2 Å². The summed E-state index contributed by atoms with van der Waals surface area (Å²) in [6.07, 6.45) is 0. The maximum Gasteiger partial charge on any atom is 0.325 e. The second-order valence-electron chi connectivity index (χ2n) is 6.10. The number of nitrogens with two attached hydrogens (primary N) is 1. The van der Waals surface area contributed by atoms with Crippen molar-refractivity contribution in [3.8, 4) is 0 Å². The number of esters is 1. The van der Waals surface area contributed by atoms with Crippen molar-refractivity contribution in [1.29, 1.82) is 0 Å². The lowest BCUT2D eigenvalue weighted by Crippen LogP contribution is -2.22. The summed E-state index contributed by atoms with van der Waals surface area (Å²) in [5.41, 5.74) is 0.946. The van der Waals surface area contributed by atoms with Crippen LogP contribution in [-0.2, 0) is 26.1 Å². The van der Waals surface area contributed by atoms with Gasteiger partial charge >= 0.3 is 5.97 Å². The van der Waals surface area contributed by atoms with Gasteiger partial charge in [0.15, 0.2) is 4.80 Å². The predicted molar refractivity (Wildman–Crippen MR) is 116 cm³/mol. The van der Waals surface area contributed by atoms with Crippen molar-refractivity contribution >= 4 is 55.2 Å². The SMILES string of the molecule is CCSc1ccc(C(=O)N=c2sc3cc(S(N)(=O)=O)ccc3n2CC(=O)OC)cc1. The van der Waals surface area contributed by atoms with Crippen LogP contribution in [0.5, 0.6) is 0 Å². The van der Waals surface area contributed by atoms with E-state index in [1.165, 1.54) is 29.9 Å². The van der Waals surface area contributed by atoms with Crippen LogP contribution in [0.2, 0.25) is 0 Å². The fraction of sp³-hybridized carbons (Fsp3) is 0.211. The normalized spacial score (nSPS) is 12.3. The summed E-state index contributed by atoms with van der Waals surface area (Å²) >= 11 is 2.75. The van der Waals surface area contributed by atoms with Gasteiger partial charge in [-0.1, -0.05) is 18.3 Å². The van der Waals surface area contributed by atoms with Gasteiger partial charge in [0.1, 0.15) is 6.54 Å². The molecular weight excluding hydrogens is 446 g/mol. The van der Waals surface area contributed by atoms with Gasteiger partial charge in [-0.05, 0) is 48.2 Å². The van der Waals surface area contributed by atoms with Crippen molar-refractivity contribution in [2.24, 2.45) is 10.1 Å². The third-order valence-electron chi connectivity index (χ3n) is 4.11. The molecule has 3 rings (SSSR count). The Bertz CT molecular complexity index is 1270. The molecule has 0 aliphatic carbocycles. The van der Waals surface area contributed by atoms with E-state index in [0.717, 1.165) is 22.0 Å². The Morgan fingerprint density at radius 1 is 1.20 bits per heavy atom. The minimum absolute atomic E-state index is 0.0663. The standard InChI is InChI=1S/C19H19N3O5S3/c1-3-28-13-6-4-12(5-7-13)18(24)21-19-22(11-17(23)27-2)15-9-8-14(30(20,25)26)10-16(15)29-19/h4-10H,3,11H2,1-2H3,(H2,20,25,26). The Hall–Kier alpha value is -2.47. The van der Waals surface area contributed by atoms with Gasteiger partial charge < -0.3 is 9.30 Å². The Balaban J connectivity index is 2.10. The fourth-order valence-electron chi connectivity index (χ4n) is 2.67. The molecule has 1 heterocycles. The van der Waals surface area contributed by atoms with Crippen molar-refractivity contribution in [3.05, 3.63) is 52.8 Å². The molecule has 2 N–H and O–H groups in total. The first-order valence-electron chi connectivity index (χ1n) is 8.78. The summed E-state index contributed by atoms with van der Waals surface area (Å²) in [6.45, 7) is 1.87. The molecule has 0 bridgehead atoms. The summed E-state index contributed by atoms with van der Waals surface area (Å²) in [5, 5.41) is 5.20. The minimum Gasteiger partial charge on any atom is -0.468 e. The Kier molecular flexibility index (Phi) is 6.76. The van der Waals surface area contributed by atoms with Crippen molar-refractivity contribution < 1.29 is 22.7 Å². The number of rotatable bonds is 6. The molecule has 11 heteroatoms. The lowest BCUT2D eigenvalue weighted by molar-refractivity contribution is -0.141. The van der Waals surface area contributed by atoms with E-state index in [0.29, 0.717) is 15.8 Å². The Labute approximate surface area is 181 Å². The van der Waals surface area contributed by atoms with Crippen LogP contribution in [0.3, 0.4) is 0 Å². The third-order valence-corrected chi connectivity index (χ3v) is 6.95. The van der Waals surface area contributed by atoms with Crippen LogP contribution < -0.4 is 9.94 Å². The molecule has 0 fully saturated rings. The van der Waals surface area contributed by atoms with Gasteiger partial charge in [-0.3, -0.25) is 9.59 Å². The van der Waals surface area contributed by atoms with Crippen LogP contribution in [0, 0.1) is 0 Å². The molecule has 3 aromatic rings. The number of ether oxygens (including phenoxy) is 1. The highest BCUT2D eigenvalue weighted by molar-refractivity contribution is 7.99. The van der Waals surface area contributed by atoms with Crippen molar-refractivity contribution in [1.82, 2.24) is 4.57 Å². The number of hydrogen-bond acceptors (Lipinski definition) is 7. The average molecular weight is 466 g/mol. The highest BCUT2D eigenvalue weighted by Crippen LogP contribution is 2.22. The molecule has 0 unspecified atom stereocenters. The smallest absolute Gasteiger partial charge is 0.325 e.